The molecule has 8 heteroatoms. The minimum atomic E-state index is -0.949. The van der Waals surface area contributed by atoms with Crippen molar-refractivity contribution in [1.29, 1.82) is 0 Å². The highest BCUT2D eigenvalue weighted by atomic mass is 19.1. The van der Waals surface area contributed by atoms with Gasteiger partial charge >= 0.3 is 0 Å². The van der Waals surface area contributed by atoms with Gasteiger partial charge in [0.1, 0.15) is 29.0 Å². The van der Waals surface area contributed by atoms with Crippen LogP contribution in [0, 0.1) is 29.2 Å². The zero-order valence-electron chi connectivity index (χ0n) is 14.1. The van der Waals surface area contributed by atoms with Crippen molar-refractivity contribution in [3.8, 4) is 0 Å². The van der Waals surface area contributed by atoms with Gasteiger partial charge in [0.25, 0.3) is 5.91 Å². The molecule has 1 aliphatic rings. The average molecular weight is 380 g/mol. The molecule has 2 aromatic carbocycles. The number of rotatable bonds is 3. The number of anilines is 1. The van der Waals surface area contributed by atoms with Crippen molar-refractivity contribution < 1.29 is 27.2 Å². The summed E-state index contributed by atoms with van der Waals surface area (Å²) < 4.78 is 54.0. The van der Waals surface area contributed by atoms with Crippen LogP contribution >= 0.6 is 0 Å². The summed E-state index contributed by atoms with van der Waals surface area (Å²) in [6, 6.07) is 5.98. The molecule has 0 spiro atoms. The highest BCUT2D eigenvalue weighted by Crippen LogP contribution is 2.24. The van der Waals surface area contributed by atoms with Gasteiger partial charge < -0.3 is 10.2 Å². The topological polar surface area (TPSA) is 49.4 Å². The summed E-state index contributed by atoms with van der Waals surface area (Å²) in [5, 5.41) is 2.25. The molecule has 27 heavy (non-hydrogen) atoms. The fourth-order valence-electron chi connectivity index (χ4n) is 3.02. The maximum Gasteiger partial charge on any atom is 0.256 e. The molecule has 2 aromatic rings. The minimum absolute atomic E-state index is 0.174. The molecule has 3 rings (SSSR count). The van der Waals surface area contributed by atoms with E-state index in [9.17, 15) is 27.2 Å². The number of carbonyl (C=O) groups is 2. The summed E-state index contributed by atoms with van der Waals surface area (Å²) in [6.45, 7) is 0.348. The molecular formula is C19H16F4N2O2. The van der Waals surface area contributed by atoms with Crippen molar-refractivity contribution in [1.82, 2.24) is 4.90 Å². The Bertz CT molecular complexity index is 860. The van der Waals surface area contributed by atoms with Crippen LogP contribution in [0.3, 0.4) is 0 Å². The number of hydrogen-bond donors (Lipinski definition) is 1. The summed E-state index contributed by atoms with van der Waals surface area (Å²) in [5.74, 6) is -5.14. The molecular weight excluding hydrogens is 364 g/mol. The van der Waals surface area contributed by atoms with E-state index < -0.39 is 46.7 Å². The Morgan fingerprint density at radius 3 is 2.15 bits per heavy atom. The number of halogens is 4. The second-order valence-electron chi connectivity index (χ2n) is 6.28. The maximum atomic E-state index is 13.8. The number of amides is 2. The summed E-state index contributed by atoms with van der Waals surface area (Å²) >= 11 is 0. The third kappa shape index (κ3) is 4.10. The quantitative estimate of drug-likeness (QED) is 0.825. The minimum Gasteiger partial charge on any atom is -0.339 e. The Morgan fingerprint density at radius 2 is 1.56 bits per heavy atom. The van der Waals surface area contributed by atoms with Gasteiger partial charge in [0.05, 0.1) is 5.56 Å². The largest absolute Gasteiger partial charge is 0.339 e. The number of para-hydroxylation sites is 1. The van der Waals surface area contributed by atoms with Crippen LogP contribution in [0.25, 0.3) is 0 Å². The third-order valence-corrected chi connectivity index (χ3v) is 4.53. The Hall–Kier alpha value is -2.90. The van der Waals surface area contributed by atoms with E-state index in [4.69, 9.17) is 0 Å². The van der Waals surface area contributed by atoms with E-state index in [1.807, 2.05) is 0 Å². The lowest BCUT2D eigenvalue weighted by atomic mass is 9.95. The number of nitrogens with one attached hydrogen (secondary N) is 1. The first-order chi connectivity index (χ1) is 12.9. The van der Waals surface area contributed by atoms with Crippen molar-refractivity contribution in [2.75, 3.05) is 18.4 Å². The zero-order valence-corrected chi connectivity index (χ0v) is 14.1. The number of hydrogen-bond acceptors (Lipinski definition) is 2. The Kier molecular flexibility index (Phi) is 5.43. The predicted molar refractivity (Wildman–Crippen MR) is 90.0 cm³/mol. The molecule has 0 unspecified atom stereocenters. The van der Waals surface area contributed by atoms with Gasteiger partial charge in [0.15, 0.2) is 0 Å². The first-order valence-corrected chi connectivity index (χ1v) is 8.36. The van der Waals surface area contributed by atoms with Crippen LogP contribution in [-0.2, 0) is 4.79 Å². The van der Waals surface area contributed by atoms with Gasteiger partial charge in [-0.2, -0.15) is 0 Å². The summed E-state index contributed by atoms with van der Waals surface area (Å²) in [7, 11) is 0. The third-order valence-electron chi connectivity index (χ3n) is 4.53. The second kappa shape index (κ2) is 7.77. The molecule has 1 saturated heterocycles. The zero-order chi connectivity index (χ0) is 19.6. The number of carbonyl (C=O) groups excluding carboxylic acids is 2. The monoisotopic (exact) mass is 380 g/mol. The fourth-order valence-corrected chi connectivity index (χ4v) is 3.02. The molecule has 4 nitrogen and oxygen atoms in total. The number of benzene rings is 2. The molecule has 1 N–H and O–H groups in total. The molecule has 1 heterocycles. The first-order valence-electron chi connectivity index (χ1n) is 8.36. The molecule has 142 valence electrons. The van der Waals surface area contributed by atoms with Crippen LogP contribution in [0.1, 0.15) is 23.2 Å². The first kappa shape index (κ1) is 18.9. The van der Waals surface area contributed by atoms with Crippen LogP contribution in [0.15, 0.2) is 36.4 Å². The van der Waals surface area contributed by atoms with E-state index in [-0.39, 0.29) is 31.5 Å². The van der Waals surface area contributed by atoms with Crippen molar-refractivity contribution in [3.63, 3.8) is 0 Å². The summed E-state index contributed by atoms with van der Waals surface area (Å²) in [6.07, 6.45) is 0.521. The van der Waals surface area contributed by atoms with Crippen LogP contribution < -0.4 is 5.32 Å². The normalized spacial score (nSPS) is 14.9. The molecule has 0 saturated carbocycles. The average Bonchev–Trinajstić information content (AvgIpc) is 2.64. The van der Waals surface area contributed by atoms with Crippen LogP contribution in [-0.4, -0.2) is 29.8 Å². The van der Waals surface area contributed by atoms with Gasteiger partial charge in [-0.1, -0.05) is 6.07 Å². The van der Waals surface area contributed by atoms with Crippen LogP contribution in [0.5, 0.6) is 0 Å². The smallest absolute Gasteiger partial charge is 0.256 e. The summed E-state index contributed by atoms with van der Waals surface area (Å²) in [5.41, 5.74) is -0.748. The summed E-state index contributed by atoms with van der Waals surface area (Å²) in [4.78, 5) is 26.0. The number of likely N-dealkylation sites (tertiary alicyclic amines) is 1. The van der Waals surface area contributed by atoms with E-state index in [1.165, 1.54) is 11.0 Å². The lowest BCUT2D eigenvalue weighted by Gasteiger charge is -2.31. The fraction of sp³-hybridized carbons (Fsp3) is 0.263. The van der Waals surface area contributed by atoms with E-state index in [2.05, 4.69) is 5.32 Å². The van der Waals surface area contributed by atoms with E-state index in [1.54, 1.807) is 0 Å². The van der Waals surface area contributed by atoms with Crippen molar-refractivity contribution in [2.45, 2.75) is 12.8 Å². The van der Waals surface area contributed by atoms with Gasteiger partial charge in [0.2, 0.25) is 5.91 Å². The van der Waals surface area contributed by atoms with Crippen LogP contribution in [0.4, 0.5) is 23.2 Å². The number of piperidine rings is 1. The highest BCUT2D eigenvalue weighted by Gasteiger charge is 2.29. The lowest BCUT2D eigenvalue weighted by molar-refractivity contribution is -0.121. The Morgan fingerprint density at radius 1 is 0.926 bits per heavy atom. The molecule has 2 amide bonds. The molecule has 1 aliphatic heterocycles. The Labute approximate surface area is 152 Å². The van der Waals surface area contributed by atoms with Gasteiger partial charge in [0, 0.05) is 25.1 Å². The van der Waals surface area contributed by atoms with Gasteiger partial charge in [-0.3, -0.25) is 9.59 Å². The van der Waals surface area contributed by atoms with Crippen molar-refractivity contribution >= 4 is 17.5 Å². The van der Waals surface area contributed by atoms with Gasteiger partial charge in [-0.15, -0.1) is 0 Å². The molecule has 0 radical (unpaired) electrons. The molecule has 0 bridgehead atoms. The molecule has 1 fully saturated rings. The molecule has 0 aliphatic carbocycles. The van der Waals surface area contributed by atoms with E-state index >= 15 is 0 Å². The van der Waals surface area contributed by atoms with Gasteiger partial charge in [-0.05, 0) is 37.1 Å². The maximum absolute atomic E-state index is 13.8. The van der Waals surface area contributed by atoms with Crippen LogP contribution in [0.2, 0.25) is 0 Å². The predicted octanol–water partition coefficient (Wildman–Crippen LogP) is 3.73. The molecule has 0 atom stereocenters. The number of nitrogens with zero attached hydrogens (tertiary/aromatic N) is 1. The standard InChI is InChI=1S/C19H16F4N2O2/c20-12-4-5-13(16(23)10-12)19(27)25-8-6-11(7-9-25)18(26)24-17-14(21)2-1-3-15(17)22/h1-5,10-11H,6-9H2,(H,24,26). The van der Waals surface area contributed by atoms with Crippen molar-refractivity contribution in [2.24, 2.45) is 5.92 Å². The van der Waals surface area contributed by atoms with Crippen molar-refractivity contribution in [3.05, 3.63) is 65.2 Å². The highest BCUT2D eigenvalue weighted by molar-refractivity contribution is 5.95. The van der Waals surface area contributed by atoms with E-state index in [0.717, 1.165) is 24.3 Å². The SMILES string of the molecule is O=C(Nc1c(F)cccc1F)C1CCN(C(=O)c2ccc(F)cc2F)CC1. The van der Waals surface area contributed by atoms with E-state index in [0.29, 0.717) is 6.07 Å². The lowest BCUT2D eigenvalue weighted by Crippen LogP contribution is -2.41. The molecule has 0 aromatic heterocycles. The Balaban J connectivity index is 1.61. The second-order valence-corrected chi connectivity index (χ2v) is 6.28. The van der Waals surface area contributed by atoms with Gasteiger partial charge in [-0.25, -0.2) is 17.6 Å².